The molecule has 1 aliphatic heterocycles. The van der Waals surface area contributed by atoms with E-state index in [1.54, 1.807) is 0 Å². The van der Waals surface area contributed by atoms with Crippen molar-refractivity contribution in [2.24, 2.45) is 0 Å². The van der Waals surface area contributed by atoms with Crippen molar-refractivity contribution < 1.29 is 0 Å². The molecule has 1 saturated heterocycles. The zero-order valence-corrected chi connectivity index (χ0v) is 13.6. The van der Waals surface area contributed by atoms with Crippen LogP contribution >= 0.6 is 0 Å². The number of pyridine rings is 1. The minimum atomic E-state index is 0.375. The van der Waals surface area contributed by atoms with Crippen LogP contribution < -0.4 is 5.32 Å². The van der Waals surface area contributed by atoms with E-state index < -0.39 is 0 Å². The molecule has 1 aromatic rings. The van der Waals surface area contributed by atoms with Crippen LogP contribution in [0.1, 0.15) is 56.6 Å². The molecule has 3 heteroatoms. The molecule has 1 N–H and O–H groups in total. The topological polar surface area (TPSA) is 28.2 Å². The van der Waals surface area contributed by atoms with Crippen molar-refractivity contribution in [3.05, 3.63) is 29.6 Å². The molecule has 2 heterocycles. The number of hydrogen-bond donors (Lipinski definition) is 1. The first-order valence-electron chi connectivity index (χ1n) is 8.57. The largest absolute Gasteiger partial charge is 0.310 e. The van der Waals surface area contributed by atoms with E-state index in [1.165, 1.54) is 62.7 Å². The minimum Gasteiger partial charge on any atom is -0.310 e. The third-order valence-corrected chi connectivity index (χ3v) is 5.32. The van der Waals surface area contributed by atoms with Crippen LogP contribution in [0.15, 0.2) is 18.5 Å². The van der Waals surface area contributed by atoms with Gasteiger partial charge < -0.3 is 5.32 Å². The summed E-state index contributed by atoms with van der Waals surface area (Å²) in [4.78, 5) is 7.04. The van der Waals surface area contributed by atoms with Gasteiger partial charge in [0.05, 0.1) is 0 Å². The van der Waals surface area contributed by atoms with Crippen molar-refractivity contribution in [1.29, 1.82) is 0 Å². The van der Waals surface area contributed by atoms with Gasteiger partial charge in [-0.2, -0.15) is 0 Å². The van der Waals surface area contributed by atoms with Crippen molar-refractivity contribution in [3.8, 4) is 0 Å². The maximum Gasteiger partial charge on any atom is 0.0313 e. The number of aromatic nitrogens is 1. The summed E-state index contributed by atoms with van der Waals surface area (Å²) in [5.74, 6) is 0. The predicted molar refractivity (Wildman–Crippen MR) is 87.3 cm³/mol. The molecule has 3 rings (SSSR count). The third-order valence-electron chi connectivity index (χ3n) is 5.32. The lowest BCUT2D eigenvalue weighted by atomic mass is 9.81. The molecule has 1 spiro atoms. The normalized spacial score (nSPS) is 26.7. The molecular formula is C18H29N3. The Morgan fingerprint density at radius 1 is 1.29 bits per heavy atom. The molecule has 1 unspecified atom stereocenters. The van der Waals surface area contributed by atoms with E-state index >= 15 is 0 Å². The SMILES string of the molecule is Cc1cncc(CN2CC3(CCCCC3)NCCC2C)c1. The Labute approximate surface area is 129 Å². The monoisotopic (exact) mass is 287 g/mol. The highest BCUT2D eigenvalue weighted by atomic mass is 15.2. The lowest BCUT2D eigenvalue weighted by Gasteiger charge is -2.41. The molecule has 0 amide bonds. The summed E-state index contributed by atoms with van der Waals surface area (Å²) in [5.41, 5.74) is 3.00. The molecule has 2 fully saturated rings. The molecule has 2 aliphatic rings. The number of nitrogens with zero attached hydrogens (tertiary/aromatic N) is 2. The summed E-state index contributed by atoms with van der Waals surface area (Å²) in [7, 11) is 0. The Hall–Kier alpha value is -0.930. The van der Waals surface area contributed by atoms with Crippen LogP contribution in [0.25, 0.3) is 0 Å². The highest BCUT2D eigenvalue weighted by molar-refractivity contribution is 5.17. The van der Waals surface area contributed by atoms with Crippen LogP contribution in [-0.2, 0) is 6.54 Å². The second-order valence-corrected chi connectivity index (χ2v) is 7.18. The van der Waals surface area contributed by atoms with Crippen molar-refractivity contribution >= 4 is 0 Å². The fourth-order valence-electron chi connectivity index (χ4n) is 4.04. The first-order valence-corrected chi connectivity index (χ1v) is 8.57. The van der Waals surface area contributed by atoms with Gasteiger partial charge in [0.15, 0.2) is 0 Å². The van der Waals surface area contributed by atoms with E-state index in [1.807, 2.05) is 12.4 Å². The van der Waals surface area contributed by atoms with Crippen molar-refractivity contribution in [3.63, 3.8) is 0 Å². The molecule has 1 saturated carbocycles. The van der Waals surface area contributed by atoms with Gasteiger partial charge in [0, 0.05) is 37.1 Å². The second kappa shape index (κ2) is 6.45. The van der Waals surface area contributed by atoms with Gasteiger partial charge in [0.1, 0.15) is 0 Å². The van der Waals surface area contributed by atoms with Gasteiger partial charge in [-0.1, -0.05) is 25.3 Å². The lowest BCUT2D eigenvalue weighted by Crippen LogP contribution is -2.53. The smallest absolute Gasteiger partial charge is 0.0313 e. The summed E-state index contributed by atoms with van der Waals surface area (Å²) >= 11 is 0. The van der Waals surface area contributed by atoms with Crippen LogP contribution in [0.2, 0.25) is 0 Å². The Balaban J connectivity index is 1.74. The third kappa shape index (κ3) is 3.64. The number of rotatable bonds is 2. The van der Waals surface area contributed by atoms with Crippen molar-refractivity contribution in [2.45, 2.75) is 70.5 Å². The summed E-state index contributed by atoms with van der Waals surface area (Å²) in [6.07, 6.45) is 12.1. The molecule has 0 radical (unpaired) electrons. The van der Waals surface area contributed by atoms with Gasteiger partial charge in [0.25, 0.3) is 0 Å². The predicted octanol–water partition coefficient (Wildman–Crippen LogP) is 3.28. The Morgan fingerprint density at radius 2 is 2.10 bits per heavy atom. The fraction of sp³-hybridized carbons (Fsp3) is 0.722. The molecule has 1 atom stereocenters. The summed E-state index contributed by atoms with van der Waals surface area (Å²) in [6, 6.07) is 2.94. The van der Waals surface area contributed by atoms with E-state index in [-0.39, 0.29) is 0 Å². The molecule has 0 bridgehead atoms. The minimum absolute atomic E-state index is 0.375. The van der Waals surface area contributed by atoms with E-state index in [4.69, 9.17) is 0 Å². The van der Waals surface area contributed by atoms with Gasteiger partial charge >= 0.3 is 0 Å². The first kappa shape index (κ1) is 15.0. The Bertz CT molecular complexity index is 465. The summed E-state index contributed by atoms with van der Waals surface area (Å²) in [5, 5.41) is 3.90. The number of nitrogens with one attached hydrogen (secondary N) is 1. The maximum absolute atomic E-state index is 4.36. The van der Waals surface area contributed by atoms with Crippen LogP contribution in [-0.4, -0.2) is 34.6 Å². The van der Waals surface area contributed by atoms with Crippen molar-refractivity contribution in [1.82, 2.24) is 15.2 Å². The Kier molecular flexibility index (Phi) is 4.60. The lowest BCUT2D eigenvalue weighted by molar-refractivity contribution is 0.131. The Morgan fingerprint density at radius 3 is 2.86 bits per heavy atom. The van der Waals surface area contributed by atoms with Gasteiger partial charge in [0.2, 0.25) is 0 Å². The van der Waals surface area contributed by atoms with Gasteiger partial charge in [-0.25, -0.2) is 0 Å². The molecule has 1 aliphatic carbocycles. The fourth-order valence-corrected chi connectivity index (χ4v) is 4.04. The number of aryl methyl sites for hydroxylation is 1. The van der Waals surface area contributed by atoms with Crippen LogP contribution in [0, 0.1) is 6.92 Å². The molecule has 3 nitrogen and oxygen atoms in total. The first-order chi connectivity index (χ1) is 10.2. The van der Waals surface area contributed by atoms with Crippen molar-refractivity contribution in [2.75, 3.05) is 13.1 Å². The zero-order chi connectivity index (χ0) is 14.7. The summed E-state index contributed by atoms with van der Waals surface area (Å²) in [6.45, 7) is 7.92. The maximum atomic E-state index is 4.36. The zero-order valence-electron chi connectivity index (χ0n) is 13.6. The molecular weight excluding hydrogens is 258 g/mol. The van der Waals surface area contributed by atoms with Gasteiger partial charge in [-0.3, -0.25) is 9.88 Å². The average molecular weight is 287 g/mol. The van der Waals surface area contributed by atoms with Crippen LogP contribution in [0.4, 0.5) is 0 Å². The van der Waals surface area contributed by atoms with E-state index in [2.05, 4.69) is 35.1 Å². The van der Waals surface area contributed by atoms with Crippen LogP contribution in [0.3, 0.4) is 0 Å². The molecule has 1 aromatic heterocycles. The van der Waals surface area contributed by atoms with E-state index in [0.29, 0.717) is 11.6 Å². The highest BCUT2D eigenvalue weighted by Gasteiger charge is 2.36. The molecule has 116 valence electrons. The van der Waals surface area contributed by atoms with Crippen LogP contribution in [0.5, 0.6) is 0 Å². The molecule has 0 aromatic carbocycles. The van der Waals surface area contributed by atoms with E-state index in [9.17, 15) is 0 Å². The highest BCUT2D eigenvalue weighted by Crippen LogP contribution is 2.32. The number of hydrogen-bond acceptors (Lipinski definition) is 3. The molecule has 21 heavy (non-hydrogen) atoms. The summed E-state index contributed by atoms with van der Waals surface area (Å²) < 4.78 is 0. The average Bonchev–Trinajstić information content (AvgIpc) is 2.60. The quantitative estimate of drug-likeness (QED) is 0.905. The van der Waals surface area contributed by atoms with E-state index in [0.717, 1.165) is 6.54 Å². The standard InChI is InChI=1S/C18H29N3/c1-15-10-17(12-19-11-15)13-21-14-18(7-4-3-5-8-18)20-9-6-16(21)2/h10-12,16,20H,3-9,13-14H2,1-2H3. The second-order valence-electron chi connectivity index (χ2n) is 7.18. The van der Waals surface area contributed by atoms with Gasteiger partial charge in [-0.15, -0.1) is 0 Å². The van der Waals surface area contributed by atoms with Gasteiger partial charge in [-0.05, 0) is 50.8 Å².